The monoisotopic (exact) mass is 335 g/mol. The molecule has 0 bridgehead atoms. The van der Waals surface area contributed by atoms with Crippen molar-refractivity contribution >= 4 is 28.9 Å². The molecule has 25 heavy (non-hydrogen) atoms. The van der Waals surface area contributed by atoms with Gasteiger partial charge in [-0.1, -0.05) is 18.2 Å². The Bertz CT molecular complexity index is 801. The molecule has 2 aliphatic heterocycles. The maximum Gasteiger partial charge on any atom is 0.243 e. The summed E-state index contributed by atoms with van der Waals surface area (Å²) in [5.74, 6) is 0.145. The second-order valence-corrected chi connectivity index (χ2v) is 6.54. The highest BCUT2D eigenvalue weighted by atomic mass is 16.2. The van der Waals surface area contributed by atoms with Crippen LogP contribution in [-0.2, 0) is 16.0 Å². The molecule has 1 fully saturated rings. The molecule has 4 rings (SSSR count). The summed E-state index contributed by atoms with van der Waals surface area (Å²) in [6.45, 7) is 2.01. The Morgan fingerprint density at radius 2 is 1.80 bits per heavy atom. The van der Waals surface area contributed by atoms with E-state index in [0.717, 1.165) is 43.0 Å². The second-order valence-electron chi connectivity index (χ2n) is 6.54. The number of anilines is 3. The Labute approximate surface area is 147 Å². The highest BCUT2D eigenvalue weighted by Gasteiger charge is 2.22. The number of benzene rings is 2. The maximum atomic E-state index is 12.4. The van der Waals surface area contributed by atoms with Crippen molar-refractivity contribution in [3.8, 4) is 0 Å². The van der Waals surface area contributed by atoms with Gasteiger partial charge in [0, 0.05) is 36.6 Å². The summed E-state index contributed by atoms with van der Waals surface area (Å²) in [6, 6.07) is 15.7. The molecule has 0 atom stereocenters. The molecule has 0 unspecified atom stereocenters. The first-order valence-electron chi connectivity index (χ1n) is 8.74. The van der Waals surface area contributed by atoms with Crippen LogP contribution < -0.4 is 15.1 Å². The van der Waals surface area contributed by atoms with Gasteiger partial charge in [0.2, 0.25) is 11.8 Å². The zero-order valence-electron chi connectivity index (χ0n) is 14.1. The van der Waals surface area contributed by atoms with E-state index in [1.165, 1.54) is 5.56 Å². The van der Waals surface area contributed by atoms with Gasteiger partial charge in [-0.25, -0.2) is 0 Å². The molecule has 2 aliphatic rings. The van der Waals surface area contributed by atoms with Crippen LogP contribution in [0.3, 0.4) is 0 Å². The first-order chi connectivity index (χ1) is 12.2. The predicted octanol–water partition coefficient (Wildman–Crippen LogP) is 2.81. The molecule has 0 saturated carbocycles. The van der Waals surface area contributed by atoms with Crippen LogP contribution in [0.15, 0.2) is 48.5 Å². The average molecular weight is 335 g/mol. The third-order valence-electron chi connectivity index (χ3n) is 4.85. The molecular formula is C20H21N3O2. The fourth-order valence-electron chi connectivity index (χ4n) is 3.59. The van der Waals surface area contributed by atoms with Crippen LogP contribution in [0.1, 0.15) is 18.4 Å². The molecule has 2 aromatic rings. The van der Waals surface area contributed by atoms with Crippen molar-refractivity contribution in [2.75, 3.05) is 34.8 Å². The van der Waals surface area contributed by atoms with Gasteiger partial charge in [-0.15, -0.1) is 0 Å². The minimum absolute atomic E-state index is 0.0262. The van der Waals surface area contributed by atoms with Crippen molar-refractivity contribution < 1.29 is 9.59 Å². The molecule has 0 aliphatic carbocycles. The third kappa shape index (κ3) is 3.22. The highest BCUT2D eigenvalue weighted by Crippen LogP contribution is 2.27. The molecule has 128 valence electrons. The van der Waals surface area contributed by atoms with Crippen LogP contribution in [-0.4, -0.2) is 31.4 Å². The molecule has 1 saturated heterocycles. The zero-order chi connectivity index (χ0) is 17.2. The first kappa shape index (κ1) is 15.7. The molecule has 5 heteroatoms. The number of fused-ring (bicyclic) bond motifs is 1. The van der Waals surface area contributed by atoms with Gasteiger partial charge in [0.25, 0.3) is 0 Å². The van der Waals surface area contributed by atoms with E-state index in [1.807, 2.05) is 36.4 Å². The fourth-order valence-corrected chi connectivity index (χ4v) is 3.59. The van der Waals surface area contributed by atoms with E-state index in [1.54, 1.807) is 4.90 Å². The van der Waals surface area contributed by atoms with Crippen LogP contribution in [0.4, 0.5) is 17.1 Å². The van der Waals surface area contributed by atoms with Crippen molar-refractivity contribution in [1.82, 2.24) is 0 Å². The molecule has 0 aromatic heterocycles. The Kier molecular flexibility index (Phi) is 4.14. The molecule has 2 aromatic carbocycles. The van der Waals surface area contributed by atoms with Crippen molar-refractivity contribution in [2.45, 2.75) is 19.3 Å². The van der Waals surface area contributed by atoms with Gasteiger partial charge in [-0.05, 0) is 48.7 Å². The Hall–Kier alpha value is -2.82. The normalized spacial score (nSPS) is 16.2. The molecule has 5 nitrogen and oxygen atoms in total. The minimum Gasteiger partial charge on any atom is -0.362 e. The smallest absolute Gasteiger partial charge is 0.243 e. The number of hydrogen-bond acceptors (Lipinski definition) is 3. The molecule has 0 radical (unpaired) electrons. The summed E-state index contributed by atoms with van der Waals surface area (Å²) in [5.41, 5.74) is 4.11. The highest BCUT2D eigenvalue weighted by molar-refractivity contribution is 5.97. The number of carbonyl (C=O) groups is 2. The lowest BCUT2D eigenvalue weighted by atomic mass is 10.2. The molecule has 1 N–H and O–H groups in total. The summed E-state index contributed by atoms with van der Waals surface area (Å²) < 4.78 is 0. The van der Waals surface area contributed by atoms with Crippen molar-refractivity contribution in [3.05, 3.63) is 54.1 Å². The number of hydrogen-bond donors (Lipinski definition) is 1. The molecular weight excluding hydrogens is 314 g/mol. The Morgan fingerprint density at radius 3 is 2.56 bits per heavy atom. The van der Waals surface area contributed by atoms with E-state index < -0.39 is 0 Å². The standard InChI is InChI=1S/C20H21N3O2/c24-19(14-22-13-11-15-4-1-2-5-18(15)22)21-16-7-9-17(10-8-16)23-12-3-6-20(23)25/h1-2,4-5,7-10H,3,6,11-14H2,(H,21,24). The SMILES string of the molecule is O=C(CN1CCc2ccccc21)Nc1ccc(N2CCCC2=O)cc1. The van der Waals surface area contributed by atoms with Crippen LogP contribution in [0.25, 0.3) is 0 Å². The largest absolute Gasteiger partial charge is 0.362 e. The van der Waals surface area contributed by atoms with Gasteiger partial charge in [-0.3, -0.25) is 9.59 Å². The number of rotatable bonds is 4. The van der Waals surface area contributed by atoms with Crippen molar-refractivity contribution in [2.24, 2.45) is 0 Å². The first-order valence-corrected chi connectivity index (χ1v) is 8.74. The lowest BCUT2D eigenvalue weighted by molar-refractivity contribution is -0.117. The summed E-state index contributed by atoms with van der Waals surface area (Å²) in [7, 11) is 0. The van der Waals surface area contributed by atoms with E-state index in [-0.39, 0.29) is 11.8 Å². The maximum absolute atomic E-state index is 12.4. The van der Waals surface area contributed by atoms with Gasteiger partial charge in [0.1, 0.15) is 0 Å². The molecule has 2 heterocycles. The van der Waals surface area contributed by atoms with Crippen LogP contribution in [0.5, 0.6) is 0 Å². The van der Waals surface area contributed by atoms with E-state index in [4.69, 9.17) is 0 Å². The van der Waals surface area contributed by atoms with Gasteiger partial charge in [-0.2, -0.15) is 0 Å². The molecule has 0 spiro atoms. The summed E-state index contributed by atoms with van der Waals surface area (Å²) in [5, 5.41) is 2.94. The topological polar surface area (TPSA) is 52.7 Å². The minimum atomic E-state index is -0.0262. The number of amides is 2. The average Bonchev–Trinajstić information content (AvgIpc) is 3.22. The number of nitrogens with zero attached hydrogens (tertiary/aromatic N) is 2. The fraction of sp³-hybridized carbons (Fsp3) is 0.300. The quantitative estimate of drug-likeness (QED) is 0.935. The Balaban J connectivity index is 1.37. The van der Waals surface area contributed by atoms with E-state index in [0.29, 0.717) is 13.0 Å². The van der Waals surface area contributed by atoms with Gasteiger partial charge >= 0.3 is 0 Å². The van der Waals surface area contributed by atoms with Crippen molar-refractivity contribution in [3.63, 3.8) is 0 Å². The van der Waals surface area contributed by atoms with E-state index in [2.05, 4.69) is 22.3 Å². The molecule has 2 amide bonds. The second kappa shape index (κ2) is 6.59. The van der Waals surface area contributed by atoms with Crippen molar-refractivity contribution in [1.29, 1.82) is 0 Å². The van der Waals surface area contributed by atoms with Crippen LogP contribution >= 0.6 is 0 Å². The van der Waals surface area contributed by atoms with E-state index in [9.17, 15) is 9.59 Å². The van der Waals surface area contributed by atoms with Gasteiger partial charge in [0.05, 0.1) is 6.54 Å². The van der Waals surface area contributed by atoms with Gasteiger partial charge in [0.15, 0.2) is 0 Å². The third-order valence-corrected chi connectivity index (χ3v) is 4.85. The lowest BCUT2D eigenvalue weighted by Crippen LogP contribution is -2.31. The van der Waals surface area contributed by atoms with Crippen LogP contribution in [0, 0.1) is 0 Å². The predicted molar refractivity (Wildman–Crippen MR) is 99.0 cm³/mol. The van der Waals surface area contributed by atoms with Crippen LogP contribution in [0.2, 0.25) is 0 Å². The lowest BCUT2D eigenvalue weighted by Gasteiger charge is -2.19. The zero-order valence-corrected chi connectivity index (χ0v) is 14.1. The number of para-hydroxylation sites is 1. The number of nitrogens with one attached hydrogen (secondary N) is 1. The number of carbonyl (C=O) groups excluding carboxylic acids is 2. The van der Waals surface area contributed by atoms with Gasteiger partial charge < -0.3 is 15.1 Å². The van der Waals surface area contributed by atoms with E-state index >= 15 is 0 Å². The summed E-state index contributed by atoms with van der Waals surface area (Å²) in [6.07, 6.45) is 2.52. The Morgan fingerprint density at radius 1 is 1.00 bits per heavy atom. The summed E-state index contributed by atoms with van der Waals surface area (Å²) in [4.78, 5) is 28.0. The summed E-state index contributed by atoms with van der Waals surface area (Å²) >= 11 is 0.